The molecule has 1 aliphatic heterocycles. The smallest absolute Gasteiger partial charge is 0.258 e. The van der Waals surface area contributed by atoms with E-state index >= 15 is 0 Å². The number of rotatable bonds is 4. The molecule has 0 aliphatic carbocycles. The number of benzene rings is 2. The first-order valence-corrected chi connectivity index (χ1v) is 8.53. The number of hydrogen-bond donors (Lipinski definition) is 1. The van der Waals surface area contributed by atoms with E-state index in [-0.39, 0.29) is 29.7 Å². The highest BCUT2D eigenvalue weighted by molar-refractivity contribution is 6.05. The van der Waals surface area contributed by atoms with Crippen LogP contribution in [0.5, 0.6) is 0 Å². The molecule has 1 amide bonds. The molecule has 2 aromatic carbocycles. The van der Waals surface area contributed by atoms with Crippen molar-refractivity contribution in [2.45, 2.75) is 12.8 Å². The molecule has 0 aromatic heterocycles. The number of carbonyl (C=O) groups excluding carboxylic acids is 2. The number of nitrogens with zero attached hydrogens (tertiary/aromatic N) is 1. The Morgan fingerprint density at radius 2 is 1.78 bits per heavy atom. The van der Waals surface area contributed by atoms with Gasteiger partial charge >= 0.3 is 0 Å². The van der Waals surface area contributed by atoms with E-state index in [0.29, 0.717) is 17.3 Å². The number of piperidine rings is 1. The Bertz CT molecular complexity index is 836. The number of Topliss-reactive ketones (excluding diaryl/α,β-unsaturated/α-hetero) is 1. The van der Waals surface area contributed by atoms with Gasteiger partial charge in [0, 0.05) is 23.2 Å². The highest BCUT2D eigenvalue weighted by Crippen LogP contribution is 2.23. The van der Waals surface area contributed by atoms with Crippen molar-refractivity contribution in [1.29, 1.82) is 0 Å². The summed E-state index contributed by atoms with van der Waals surface area (Å²) in [5, 5.41) is 2.56. The Morgan fingerprint density at radius 1 is 1.07 bits per heavy atom. The highest BCUT2D eigenvalue weighted by atomic mass is 35.5. The monoisotopic (exact) mass is 394 g/mol. The molecule has 0 radical (unpaired) electrons. The molecule has 0 spiro atoms. The van der Waals surface area contributed by atoms with Crippen LogP contribution in [0, 0.1) is 17.6 Å². The molecule has 7 heteroatoms. The first-order chi connectivity index (χ1) is 12.4. The summed E-state index contributed by atoms with van der Waals surface area (Å²) in [5.74, 6) is -2.33. The maximum Gasteiger partial charge on any atom is 0.258 e. The topological polar surface area (TPSA) is 49.4 Å². The molecule has 0 atom stereocenters. The first kappa shape index (κ1) is 21.0. The van der Waals surface area contributed by atoms with Gasteiger partial charge in [-0.15, -0.1) is 12.4 Å². The molecular formula is C20H21ClF2N2O2. The van der Waals surface area contributed by atoms with Gasteiger partial charge in [0.15, 0.2) is 5.78 Å². The zero-order valence-electron chi connectivity index (χ0n) is 14.9. The summed E-state index contributed by atoms with van der Waals surface area (Å²) in [5.41, 5.74) is 0.674. The number of nitrogens with one attached hydrogen (secondary N) is 1. The molecule has 0 bridgehead atoms. The van der Waals surface area contributed by atoms with Gasteiger partial charge < -0.3 is 10.2 Å². The molecule has 1 saturated heterocycles. The lowest BCUT2D eigenvalue weighted by atomic mass is 9.89. The molecule has 4 nitrogen and oxygen atoms in total. The van der Waals surface area contributed by atoms with Crippen molar-refractivity contribution in [1.82, 2.24) is 4.90 Å². The number of likely N-dealkylation sites (tertiary alicyclic amines) is 1. The van der Waals surface area contributed by atoms with Crippen molar-refractivity contribution in [3.05, 3.63) is 65.2 Å². The molecule has 0 saturated carbocycles. The number of anilines is 1. The number of hydrogen-bond acceptors (Lipinski definition) is 3. The fraction of sp³-hybridized carbons (Fsp3) is 0.300. The Hall–Kier alpha value is -2.31. The quantitative estimate of drug-likeness (QED) is 0.792. The largest absolute Gasteiger partial charge is 0.322 e. The Morgan fingerprint density at radius 3 is 2.44 bits per heavy atom. The van der Waals surface area contributed by atoms with E-state index in [0.717, 1.165) is 38.1 Å². The maximum absolute atomic E-state index is 13.7. The lowest BCUT2D eigenvalue weighted by molar-refractivity contribution is 0.0856. The fourth-order valence-electron chi connectivity index (χ4n) is 3.13. The van der Waals surface area contributed by atoms with E-state index in [4.69, 9.17) is 0 Å². The first-order valence-electron chi connectivity index (χ1n) is 8.53. The zero-order valence-corrected chi connectivity index (χ0v) is 15.7. The van der Waals surface area contributed by atoms with Crippen LogP contribution in [-0.2, 0) is 0 Å². The van der Waals surface area contributed by atoms with Crippen LogP contribution in [-0.4, -0.2) is 36.7 Å². The van der Waals surface area contributed by atoms with Crippen molar-refractivity contribution in [2.75, 3.05) is 25.5 Å². The predicted molar refractivity (Wildman–Crippen MR) is 103 cm³/mol. The Kier molecular flexibility index (Phi) is 7.05. The minimum absolute atomic E-state index is 0. The average Bonchev–Trinajstić information content (AvgIpc) is 2.62. The van der Waals surface area contributed by atoms with E-state index in [1.807, 2.05) is 7.05 Å². The van der Waals surface area contributed by atoms with Gasteiger partial charge in [-0.3, -0.25) is 9.59 Å². The molecule has 144 valence electrons. The van der Waals surface area contributed by atoms with Crippen LogP contribution in [0.4, 0.5) is 14.5 Å². The number of amides is 1. The summed E-state index contributed by atoms with van der Waals surface area (Å²) in [6.45, 7) is 1.77. The summed E-state index contributed by atoms with van der Waals surface area (Å²) in [6.07, 6.45) is 1.62. The lowest BCUT2D eigenvalue weighted by Gasteiger charge is -2.28. The highest BCUT2D eigenvalue weighted by Gasteiger charge is 2.24. The van der Waals surface area contributed by atoms with Crippen molar-refractivity contribution in [2.24, 2.45) is 5.92 Å². The van der Waals surface area contributed by atoms with Crippen LogP contribution in [0.15, 0.2) is 42.5 Å². The minimum atomic E-state index is -0.930. The molecule has 27 heavy (non-hydrogen) atoms. The van der Waals surface area contributed by atoms with Crippen molar-refractivity contribution in [3.8, 4) is 0 Å². The van der Waals surface area contributed by atoms with Crippen LogP contribution in [0.1, 0.15) is 33.6 Å². The van der Waals surface area contributed by atoms with Crippen LogP contribution in [0.3, 0.4) is 0 Å². The summed E-state index contributed by atoms with van der Waals surface area (Å²) in [4.78, 5) is 27.1. The molecule has 0 unspecified atom stereocenters. The lowest BCUT2D eigenvalue weighted by Crippen LogP contribution is -2.33. The predicted octanol–water partition coefficient (Wildman–Crippen LogP) is 4.16. The zero-order chi connectivity index (χ0) is 18.7. The van der Waals surface area contributed by atoms with E-state index < -0.39 is 17.5 Å². The standard InChI is InChI=1S/C20H20F2N2O2.ClH/c1-24-9-7-13(8-10-24)19(25)14-3-2-4-16(11-14)23-20(26)17-6-5-15(21)12-18(17)22;/h2-6,11-13H,7-10H2,1H3,(H,23,26);1H. The fourth-order valence-corrected chi connectivity index (χ4v) is 3.13. The molecule has 2 aromatic rings. The second-order valence-electron chi connectivity index (χ2n) is 6.60. The molecule has 1 N–H and O–H groups in total. The van der Waals surface area contributed by atoms with Crippen LogP contribution >= 0.6 is 12.4 Å². The second kappa shape index (κ2) is 9.06. The number of carbonyl (C=O) groups is 2. The third-order valence-corrected chi connectivity index (χ3v) is 4.67. The SMILES string of the molecule is CN1CCC(C(=O)c2cccc(NC(=O)c3ccc(F)cc3F)c2)CC1.Cl. The van der Waals surface area contributed by atoms with E-state index in [2.05, 4.69) is 10.2 Å². The molecular weight excluding hydrogens is 374 g/mol. The summed E-state index contributed by atoms with van der Waals surface area (Å²) >= 11 is 0. The van der Waals surface area contributed by atoms with Gasteiger partial charge in [-0.1, -0.05) is 12.1 Å². The molecule has 1 fully saturated rings. The molecule has 1 heterocycles. The Balaban J connectivity index is 0.00000261. The Labute approximate surface area is 163 Å². The average molecular weight is 395 g/mol. The van der Waals surface area contributed by atoms with E-state index in [1.54, 1.807) is 24.3 Å². The van der Waals surface area contributed by atoms with E-state index in [1.165, 1.54) is 0 Å². The van der Waals surface area contributed by atoms with Gasteiger partial charge in [0.25, 0.3) is 5.91 Å². The van der Waals surface area contributed by atoms with Gasteiger partial charge in [-0.05, 0) is 57.2 Å². The minimum Gasteiger partial charge on any atom is -0.322 e. The summed E-state index contributed by atoms with van der Waals surface area (Å²) in [6, 6.07) is 9.40. The van der Waals surface area contributed by atoms with Crippen molar-refractivity contribution < 1.29 is 18.4 Å². The van der Waals surface area contributed by atoms with Gasteiger partial charge in [0.2, 0.25) is 0 Å². The summed E-state index contributed by atoms with van der Waals surface area (Å²) < 4.78 is 26.7. The molecule has 1 aliphatic rings. The second-order valence-corrected chi connectivity index (χ2v) is 6.60. The third kappa shape index (κ3) is 5.11. The maximum atomic E-state index is 13.7. The van der Waals surface area contributed by atoms with Crippen LogP contribution in [0.25, 0.3) is 0 Å². The van der Waals surface area contributed by atoms with Crippen molar-refractivity contribution >= 4 is 29.8 Å². The number of ketones is 1. The normalized spacial score (nSPS) is 15.1. The third-order valence-electron chi connectivity index (χ3n) is 4.67. The molecule has 3 rings (SSSR count). The summed E-state index contributed by atoms with van der Waals surface area (Å²) in [7, 11) is 2.03. The van der Waals surface area contributed by atoms with Crippen LogP contribution < -0.4 is 5.32 Å². The van der Waals surface area contributed by atoms with Gasteiger partial charge in [-0.2, -0.15) is 0 Å². The van der Waals surface area contributed by atoms with Crippen molar-refractivity contribution in [3.63, 3.8) is 0 Å². The van der Waals surface area contributed by atoms with Gasteiger partial charge in [0.1, 0.15) is 11.6 Å². The van der Waals surface area contributed by atoms with Gasteiger partial charge in [0.05, 0.1) is 5.56 Å². The number of halogens is 3. The van der Waals surface area contributed by atoms with Gasteiger partial charge in [-0.25, -0.2) is 8.78 Å². The van der Waals surface area contributed by atoms with E-state index in [9.17, 15) is 18.4 Å². The van der Waals surface area contributed by atoms with Crippen LogP contribution in [0.2, 0.25) is 0 Å².